The molecule has 3 aromatic rings. The molecule has 188 valence electrons. The zero-order valence-corrected chi connectivity index (χ0v) is 20.8. The van der Waals surface area contributed by atoms with Gasteiger partial charge in [0.15, 0.2) is 0 Å². The summed E-state index contributed by atoms with van der Waals surface area (Å²) in [6.45, 7) is 5.58. The maximum atomic E-state index is 13.7. The lowest BCUT2D eigenvalue weighted by atomic mass is 10.1. The molecule has 0 unspecified atom stereocenters. The molecule has 0 radical (unpaired) electrons. The van der Waals surface area contributed by atoms with Crippen LogP contribution in [0.25, 0.3) is 11.0 Å². The first-order chi connectivity index (χ1) is 17.4. The lowest BCUT2D eigenvalue weighted by Crippen LogP contribution is -2.52. The van der Waals surface area contributed by atoms with E-state index in [1.54, 1.807) is 24.3 Å². The minimum absolute atomic E-state index is 0.00922. The summed E-state index contributed by atoms with van der Waals surface area (Å²) in [7, 11) is 2.07. The molecule has 36 heavy (non-hydrogen) atoms. The number of aryl methyl sites for hydroxylation is 1. The number of anilines is 1. The first kappa shape index (κ1) is 24.0. The van der Waals surface area contributed by atoms with Crippen LogP contribution in [0.15, 0.2) is 42.5 Å². The summed E-state index contributed by atoms with van der Waals surface area (Å²) in [6.07, 6.45) is 2.55. The van der Waals surface area contributed by atoms with Crippen molar-refractivity contribution in [1.29, 1.82) is 0 Å². The van der Waals surface area contributed by atoms with Crippen molar-refractivity contribution in [3.8, 4) is 0 Å². The second-order valence-corrected chi connectivity index (χ2v) is 9.72. The fourth-order valence-electron chi connectivity index (χ4n) is 5.12. The molecule has 1 aromatic heterocycles. The molecular formula is C27H32N6O3. The number of nitrogens with zero attached hydrogens (tertiary/aromatic N) is 4. The highest BCUT2D eigenvalue weighted by molar-refractivity contribution is 6.08. The summed E-state index contributed by atoms with van der Waals surface area (Å²) in [6, 6.07) is 12.4. The van der Waals surface area contributed by atoms with Gasteiger partial charge in [-0.2, -0.15) is 0 Å². The Labute approximate surface area is 210 Å². The van der Waals surface area contributed by atoms with Gasteiger partial charge in [0.2, 0.25) is 5.95 Å². The Hall–Kier alpha value is -3.72. The van der Waals surface area contributed by atoms with Crippen LogP contribution in [0.2, 0.25) is 0 Å². The van der Waals surface area contributed by atoms with Crippen molar-refractivity contribution in [2.75, 3.05) is 38.5 Å². The van der Waals surface area contributed by atoms with E-state index in [1.165, 1.54) is 0 Å². The quantitative estimate of drug-likeness (QED) is 0.549. The molecule has 0 spiro atoms. The number of carbonyl (C=O) groups excluding carboxylic acids is 3. The van der Waals surface area contributed by atoms with Gasteiger partial charge in [-0.3, -0.25) is 19.7 Å². The fourth-order valence-corrected chi connectivity index (χ4v) is 5.12. The van der Waals surface area contributed by atoms with Gasteiger partial charge in [0, 0.05) is 49.9 Å². The molecule has 9 nitrogen and oxygen atoms in total. The van der Waals surface area contributed by atoms with Crippen LogP contribution >= 0.6 is 0 Å². The lowest BCUT2D eigenvalue weighted by molar-refractivity contribution is 0.0535. The van der Waals surface area contributed by atoms with E-state index in [2.05, 4.69) is 29.5 Å². The average Bonchev–Trinajstić information content (AvgIpc) is 3.22. The van der Waals surface area contributed by atoms with Crippen LogP contribution in [0, 0.1) is 0 Å². The van der Waals surface area contributed by atoms with E-state index >= 15 is 0 Å². The minimum Gasteiger partial charge on any atom is -0.352 e. The largest absolute Gasteiger partial charge is 0.352 e. The van der Waals surface area contributed by atoms with Gasteiger partial charge in [0.25, 0.3) is 17.7 Å². The molecule has 0 aliphatic carbocycles. The summed E-state index contributed by atoms with van der Waals surface area (Å²) in [4.78, 5) is 48.2. The Morgan fingerprint density at radius 1 is 0.972 bits per heavy atom. The summed E-state index contributed by atoms with van der Waals surface area (Å²) in [5.41, 5.74) is 2.85. The molecular weight excluding hydrogens is 456 g/mol. The lowest BCUT2D eigenvalue weighted by Gasteiger charge is -2.38. The maximum Gasteiger partial charge on any atom is 0.257 e. The Balaban J connectivity index is 1.55. The van der Waals surface area contributed by atoms with E-state index in [4.69, 9.17) is 4.98 Å². The van der Waals surface area contributed by atoms with Crippen molar-refractivity contribution >= 4 is 34.7 Å². The fraction of sp³-hybridized carbons (Fsp3) is 0.407. The summed E-state index contributed by atoms with van der Waals surface area (Å²) in [5, 5.41) is 5.87. The van der Waals surface area contributed by atoms with E-state index in [0.717, 1.165) is 37.9 Å². The van der Waals surface area contributed by atoms with Crippen molar-refractivity contribution in [1.82, 2.24) is 24.7 Å². The number of nitrogens with one attached hydrogen (secondary N) is 2. The van der Waals surface area contributed by atoms with Crippen molar-refractivity contribution in [2.45, 2.75) is 38.8 Å². The molecule has 1 fully saturated rings. The van der Waals surface area contributed by atoms with Gasteiger partial charge in [-0.25, -0.2) is 4.98 Å². The van der Waals surface area contributed by atoms with E-state index in [0.29, 0.717) is 47.8 Å². The summed E-state index contributed by atoms with van der Waals surface area (Å²) < 4.78 is 1.97. The van der Waals surface area contributed by atoms with Crippen LogP contribution < -0.4 is 10.6 Å². The standard InChI is InChI=1S/C27H32N6O3/c1-18-17-31(2)14-15-32(18)26(36)21-10-7-11-22-23(21)33-13-5-3-4-12-28-24(34)19-8-6-9-20(16-19)25(35)30-27(33)29-22/h6-11,16,18H,3-5,12-15,17H2,1-2H3,(H,28,34)(H,29,30,35)/t18-/m0/s1. The van der Waals surface area contributed by atoms with Crippen molar-refractivity contribution in [3.05, 3.63) is 59.2 Å². The highest BCUT2D eigenvalue weighted by Crippen LogP contribution is 2.27. The molecule has 2 aliphatic rings. The minimum atomic E-state index is -0.348. The Morgan fingerprint density at radius 3 is 2.56 bits per heavy atom. The molecule has 3 amide bonds. The average molecular weight is 489 g/mol. The van der Waals surface area contributed by atoms with Crippen molar-refractivity contribution < 1.29 is 14.4 Å². The van der Waals surface area contributed by atoms with E-state index in [-0.39, 0.29) is 23.8 Å². The van der Waals surface area contributed by atoms with E-state index in [9.17, 15) is 14.4 Å². The van der Waals surface area contributed by atoms with Crippen LogP contribution in [0.3, 0.4) is 0 Å². The number of hydrogen-bond acceptors (Lipinski definition) is 5. The number of imidazole rings is 1. The molecule has 2 aromatic carbocycles. The highest BCUT2D eigenvalue weighted by Gasteiger charge is 2.29. The number of likely N-dealkylation sites (N-methyl/N-ethyl adjacent to an activating group) is 1. The van der Waals surface area contributed by atoms with Crippen LogP contribution in [0.5, 0.6) is 0 Å². The first-order valence-electron chi connectivity index (χ1n) is 12.6. The van der Waals surface area contributed by atoms with Gasteiger partial charge in [-0.15, -0.1) is 0 Å². The number of benzene rings is 2. The third-order valence-electron chi connectivity index (χ3n) is 7.04. The molecule has 1 atom stereocenters. The molecule has 5 rings (SSSR count). The molecule has 2 N–H and O–H groups in total. The molecule has 2 aliphatic heterocycles. The number of hydrogen-bond donors (Lipinski definition) is 2. The predicted octanol–water partition coefficient (Wildman–Crippen LogP) is 2.98. The van der Waals surface area contributed by atoms with E-state index in [1.807, 2.05) is 27.7 Å². The van der Waals surface area contributed by atoms with Crippen molar-refractivity contribution in [3.63, 3.8) is 0 Å². The smallest absolute Gasteiger partial charge is 0.257 e. The van der Waals surface area contributed by atoms with Gasteiger partial charge in [0.1, 0.15) is 0 Å². The molecule has 9 heteroatoms. The number of fused-ring (bicyclic) bond motifs is 5. The summed E-state index contributed by atoms with van der Waals surface area (Å²) >= 11 is 0. The normalized spacial score (nSPS) is 19.8. The number of amides is 3. The molecule has 2 bridgehead atoms. The summed E-state index contributed by atoms with van der Waals surface area (Å²) in [5.74, 6) is -0.132. The van der Waals surface area contributed by atoms with Gasteiger partial charge < -0.3 is 19.7 Å². The molecule has 0 saturated carbocycles. The SMILES string of the molecule is C[C@H]1CN(C)CCN1C(=O)c1cccc2nc3n(c12)CCCCCNC(=O)c1cccc(c1)C(=O)N3. The second-order valence-electron chi connectivity index (χ2n) is 9.72. The first-order valence-corrected chi connectivity index (χ1v) is 12.6. The monoisotopic (exact) mass is 488 g/mol. The van der Waals surface area contributed by atoms with Crippen LogP contribution in [-0.2, 0) is 6.54 Å². The highest BCUT2D eigenvalue weighted by atomic mass is 16.2. The number of rotatable bonds is 1. The number of para-hydroxylation sites is 1. The second kappa shape index (κ2) is 10.1. The third-order valence-corrected chi connectivity index (χ3v) is 7.04. The zero-order valence-electron chi connectivity index (χ0n) is 20.8. The van der Waals surface area contributed by atoms with Gasteiger partial charge in [0.05, 0.1) is 16.6 Å². The van der Waals surface area contributed by atoms with Gasteiger partial charge in [-0.1, -0.05) is 12.1 Å². The Morgan fingerprint density at radius 2 is 1.75 bits per heavy atom. The van der Waals surface area contributed by atoms with Crippen LogP contribution in [-0.4, -0.2) is 76.3 Å². The zero-order chi connectivity index (χ0) is 25.2. The third kappa shape index (κ3) is 4.70. The topological polar surface area (TPSA) is 99.6 Å². The number of carbonyl (C=O) groups is 3. The molecule has 1 saturated heterocycles. The van der Waals surface area contributed by atoms with Crippen LogP contribution in [0.1, 0.15) is 57.3 Å². The number of aromatic nitrogens is 2. The van der Waals surface area contributed by atoms with Gasteiger partial charge in [-0.05, 0) is 63.6 Å². The van der Waals surface area contributed by atoms with E-state index < -0.39 is 0 Å². The van der Waals surface area contributed by atoms with Crippen molar-refractivity contribution in [2.24, 2.45) is 0 Å². The predicted molar refractivity (Wildman–Crippen MR) is 138 cm³/mol. The van der Waals surface area contributed by atoms with Crippen LogP contribution in [0.4, 0.5) is 5.95 Å². The Bertz CT molecular complexity index is 1320. The Kier molecular flexibility index (Phi) is 6.73. The maximum absolute atomic E-state index is 13.7. The number of piperazine rings is 1. The van der Waals surface area contributed by atoms with Gasteiger partial charge >= 0.3 is 0 Å². The molecule has 3 heterocycles.